The first-order chi connectivity index (χ1) is 11.1. The van der Waals surface area contributed by atoms with Crippen LogP contribution in [0.3, 0.4) is 0 Å². The lowest BCUT2D eigenvalue weighted by Crippen LogP contribution is -1.88. The Hall–Kier alpha value is -2.74. The van der Waals surface area contributed by atoms with Crippen molar-refractivity contribution < 1.29 is 9.47 Å². The number of aryl methyl sites for hydroxylation is 3. The highest BCUT2D eigenvalue weighted by atomic mass is 16.5. The fourth-order valence-corrected chi connectivity index (χ4v) is 2.23. The van der Waals surface area contributed by atoms with Crippen LogP contribution in [0.4, 0.5) is 0 Å². The van der Waals surface area contributed by atoms with Crippen LogP contribution in [0.2, 0.25) is 0 Å². The lowest BCUT2D eigenvalue weighted by molar-refractivity contribution is 0.469. The van der Waals surface area contributed by atoms with Gasteiger partial charge < -0.3 is 9.47 Å². The second-order valence-corrected chi connectivity index (χ2v) is 5.73. The quantitative estimate of drug-likeness (QED) is 0.571. The average molecular weight is 304 g/mol. The van der Waals surface area contributed by atoms with Crippen molar-refractivity contribution in [3.63, 3.8) is 0 Å². The zero-order chi connectivity index (χ0) is 16.2. The van der Waals surface area contributed by atoms with Gasteiger partial charge in [-0.05, 0) is 80.4 Å². The molecule has 0 amide bonds. The molecule has 0 aliphatic heterocycles. The Morgan fingerprint density at radius 2 is 0.913 bits per heavy atom. The van der Waals surface area contributed by atoms with Gasteiger partial charge in [-0.15, -0.1) is 0 Å². The van der Waals surface area contributed by atoms with Gasteiger partial charge in [-0.3, -0.25) is 0 Å². The molecule has 116 valence electrons. The molecule has 0 aromatic heterocycles. The summed E-state index contributed by atoms with van der Waals surface area (Å²) in [4.78, 5) is 0. The summed E-state index contributed by atoms with van der Waals surface area (Å²) in [6, 6.07) is 21.8. The molecule has 23 heavy (non-hydrogen) atoms. The molecular formula is C21H20O2. The molecule has 0 spiro atoms. The zero-order valence-corrected chi connectivity index (χ0v) is 13.7. The monoisotopic (exact) mass is 304 g/mol. The fourth-order valence-electron chi connectivity index (χ4n) is 2.23. The second kappa shape index (κ2) is 6.57. The highest BCUT2D eigenvalue weighted by Crippen LogP contribution is 2.27. The van der Waals surface area contributed by atoms with Gasteiger partial charge in [0.2, 0.25) is 0 Å². The van der Waals surface area contributed by atoms with Crippen LogP contribution in [-0.4, -0.2) is 0 Å². The van der Waals surface area contributed by atoms with E-state index in [0.29, 0.717) is 0 Å². The molecule has 0 saturated carbocycles. The van der Waals surface area contributed by atoms with E-state index in [1.165, 1.54) is 16.7 Å². The SMILES string of the molecule is Cc1ccc(Oc2ccc(Oc3ccc(C)c(C)c3)cc2)cc1. The van der Waals surface area contributed by atoms with Crippen molar-refractivity contribution in [2.24, 2.45) is 0 Å². The summed E-state index contributed by atoms with van der Waals surface area (Å²) in [5.74, 6) is 3.27. The smallest absolute Gasteiger partial charge is 0.127 e. The van der Waals surface area contributed by atoms with Crippen LogP contribution < -0.4 is 9.47 Å². The molecule has 0 radical (unpaired) electrons. The highest BCUT2D eigenvalue weighted by Gasteiger charge is 2.01. The van der Waals surface area contributed by atoms with E-state index in [4.69, 9.17) is 9.47 Å². The molecule has 0 unspecified atom stereocenters. The van der Waals surface area contributed by atoms with Gasteiger partial charge in [0.05, 0.1) is 0 Å². The molecule has 0 saturated heterocycles. The highest BCUT2D eigenvalue weighted by molar-refractivity contribution is 5.40. The van der Waals surface area contributed by atoms with Gasteiger partial charge in [0, 0.05) is 0 Å². The van der Waals surface area contributed by atoms with Crippen molar-refractivity contribution in [3.8, 4) is 23.0 Å². The molecule has 0 aliphatic carbocycles. The summed E-state index contributed by atoms with van der Waals surface area (Å²) in [7, 11) is 0. The van der Waals surface area contributed by atoms with Crippen LogP contribution in [0.1, 0.15) is 16.7 Å². The largest absolute Gasteiger partial charge is 0.457 e. The third-order valence-corrected chi connectivity index (χ3v) is 3.79. The molecule has 0 aliphatic rings. The Morgan fingerprint density at radius 1 is 0.478 bits per heavy atom. The van der Waals surface area contributed by atoms with E-state index in [1.807, 2.05) is 60.7 Å². The number of hydrogen-bond acceptors (Lipinski definition) is 2. The number of ether oxygens (including phenoxy) is 2. The topological polar surface area (TPSA) is 18.5 Å². The molecule has 0 N–H and O–H groups in total. The number of hydrogen-bond donors (Lipinski definition) is 0. The Morgan fingerprint density at radius 3 is 1.43 bits per heavy atom. The zero-order valence-electron chi connectivity index (χ0n) is 13.7. The van der Waals surface area contributed by atoms with Gasteiger partial charge in [0.15, 0.2) is 0 Å². The van der Waals surface area contributed by atoms with Gasteiger partial charge in [-0.2, -0.15) is 0 Å². The summed E-state index contributed by atoms with van der Waals surface area (Å²) < 4.78 is 11.7. The maximum atomic E-state index is 5.88. The molecule has 3 rings (SSSR count). The predicted molar refractivity (Wildman–Crippen MR) is 93.7 cm³/mol. The summed E-state index contributed by atoms with van der Waals surface area (Å²) in [5.41, 5.74) is 3.70. The molecule has 2 nitrogen and oxygen atoms in total. The Labute approximate surface area is 137 Å². The Bertz CT molecular complexity index is 787. The first-order valence-corrected chi connectivity index (χ1v) is 7.70. The molecule has 3 aromatic rings. The molecule has 3 aromatic carbocycles. The summed E-state index contributed by atoms with van der Waals surface area (Å²) >= 11 is 0. The van der Waals surface area contributed by atoms with E-state index >= 15 is 0 Å². The lowest BCUT2D eigenvalue weighted by atomic mass is 10.1. The number of rotatable bonds is 4. The van der Waals surface area contributed by atoms with Gasteiger partial charge in [-0.1, -0.05) is 23.8 Å². The van der Waals surface area contributed by atoms with E-state index in [9.17, 15) is 0 Å². The minimum atomic E-state index is 0.793. The van der Waals surface area contributed by atoms with E-state index in [-0.39, 0.29) is 0 Å². The fraction of sp³-hybridized carbons (Fsp3) is 0.143. The van der Waals surface area contributed by atoms with E-state index in [0.717, 1.165) is 23.0 Å². The predicted octanol–water partition coefficient (Wildman–Crippen LogP) is 6.20. The van der Waals surface area contributed by atoms with Crippen LogP contribution in [0.15, 0.2) is 66.7 Å². The van der Waals surface area contributed by atoms with Crippen molar-refractivity contribution in [2.75, 3.05) is 0 Å². The van der Waals surface area contributed by atoms with Gasteiger partial charge in [0.1, 0.15) is 23.0 Å². The van der Waals surface area contributed by atoms with Crippen LogP contribution in [0.25, 0.3) is 0 Å². The van der Waals surface area contributed by atoms with Crippen molar-refractivity contribution in [2.45, 2.75) is 20.8 Å². The Kier molecular flexibility index (Phi) is 4.33. The molecule has 0 heterocycles. The normalized spacial score (nSPS) is 10.4. The standard InChI is InChI=1S/C21H20O2/c1-15-4-7-18(8-5-15)22-19-10-12-20(13-11-19)23-21-9-6-16(2)17(3)14-21/h4-14H,1-3H3. The molecule has 0 bridgehead atoms. The van der Waals surface area contributed by atoms with Gasteiger partial charge >= 0.3 is 0 Å². The number of benzene rings is 3. The first-order valence-electron chi connectivity index (χ1n) is 7.70. The molecule has 0 fully saturated rings. The van der Waals surface area contributed by atoms with E-state index in [2.05, 4.69) is 26.8 Å². The van der Waals surface area contributed by atoms with Crippen LogP contribution in [-0.2, 0) is 0 Å². The second-order valence-electron chi connectivity index (χ2n) is 5.73. The van der Waals surface area contributed by atoms with Crippen molar-refractivity contribution in [3.05, 3.63) is 83.4 Å². The van der Waals surface area contributed by atoms with Gasteiger partial charge in [-0.25, -0.2) is 0 Å². The van der Waals surface area contributed by atoms with Crippen molar-refractivity contribution in [1.29, 1.82) is 0 Å². The first kappa shape index (κ1) is 15.2. The minimum absolute atomic E-state index is 0.793. The maximum Gasteiger partial charge on any atom is 0.127 e. The lowest BCUT2D eigenvalue weighted by Gasteiger charge is -2.09. The van der Waals surface area contributed by atoms with Crippen LogP contribution >= 0.6 is 0 Å². The van der Waals surface area contributed by atoms with E-state index in [1.54, 1.807) is 0 Å². The van der Waals surface area contributed by atoms with E-state index < -0.39 is 0 Å². The average Bonchev–Trinajstić information content (AvgIpc) is 2.55. The Balaban J connectivity index is 1.69. The van der Waals surface area contributed by atoms with Crippen molar-refractivity contribution in [1.82, 2.24) is 0 Å². The van der Waals surface area contributed by atoms with Crippen LogP contribution in [0.5, 0.6) is 23.0 Å². The summed E-state index contributed by atoms with van der Waals surface area (Å²) in [5, 5.41) is 0. The molecule has 2 heteroatoms. The minimum Gasteiger partial charge on any atom is -0.457 e. The molecule has 0 atom stereocenters. The summed E-state index contributed by atoms with van der Waals surface area (Å²) in [6.07, 6.45) is 0. The van der Waals surface area contributed by atoms with Crippen molar-refractivity contribution >= 4 is 0 Å². The van der Waals surface area contributed by atoms with Gasteiger partial charge in [0.25, 0.3) is 0 Å². The van der Waals surface area contributed by atoms with Crippen LogP contribution in [0, 0.1) is 20.8 Å². The summed E-state index contributed by atoms with van der Waals surface area (Å²) in [6.45, 7) is 6.24. The molecular weight excluding hydrogens is 284 g/mol. The maximum absolute atomic E-state index is 5.88. The third-order valence-electron chi connectivity index (χ3n) is 3.79. The third kappa shape index (κ3) is 3.92.